The van der Waals surface area contributed by atoms with E-state index in [0.717, 1.165) is 24.8 Å². The number of Topliss-reactive ketones (excluding diaryl/α,β-unsaturated/α-hetero) is 1. The largest absolute Gasteiger partial charge is 0.311 e. The first kappa shape index (κ1) is 11.9. The second-order valence-electron chi connectivity index (χ2n) is 5.77. The highest BCUT2D eigenvalue weighted by molar-refractivity contribution is 6.00. The molecule has 1 aromatic carbocycles. The Labute approximate surface area is 109 Å². The zero-order chi connectivity index (χ0) is 12.5. The lowest BCUT2D eigenvalue weighted by atomic mass is 9.76. The molecule has 1 N–H and O–H groups in total. The van der Waals surface area contributed by atoms with E-state index in [2.05, 4.69) is 18.3 Å². The molecule has 2 aliphatic rings. The van der Waals surface area contributed by atoms with Crippen molar-refractivity contribution in [2.75, 3.05) is 0 Å². The minimum Gasteiger partial charge on any atom is -0.311 e. The Morgan fingerprint density at radius 1 is 1.17 bits per heavy atom. The summed E-state index contributed by atoms with van der Waals surface area (Å²) in [5.74, 6) is 0.561. The molecular weight excluding hydrogens is 222 g/mol. The number of hydrogen-bond acceptors (Lipinski definition) is 2. The molecule has 96 valence electrons. The Morgan fingerprint density at radius 2 is 2.00 bits per heavy atom. The van der Waals surface area contributed by atoms with Crippen molar-refractivity contribution < 1.29 is 4.79 Å². The first-order valence-corrected chi connectivity index (χ1v) is 7.14. The van der Waals surface area contributed by atoms with Gasteiger partial charge in [0, 0.05) is 23.6 Å². The summed E-state index contributed by atoms with van der Waals surface area (Å²) in [6, 6.07) is 9.07. The molecule has 1 heterocycles. The van der Waals surface area contributed by atoms with Crippen LogP contribution in [-0.4, -0.2) is 17.9 Å². The number of piperidine rings is 1. The molecule has 1 aromatic rings. The Hall–Kier alpha value is -1.15. The van der Waals surface area contributed by atoms with Gasteiger partial charge in [-0.3, -0.25) is 4.79 Å². The second-order valence-corrected chi connectivity index (χ2v) is 5.77. The molecule has 0 spiro atoms. The van der Waals surface area contributed by atoms with Gasteiger partial charge < -0.3 is 5.32 Å². The Bertz CT molecular complexity index is 454. The fraction of sp³-hybridized carbons (Fsp3) is 0.562. The molecule has 0 radical (unpaired) electrons. The van der Waals surface area contributed by atoms with E-state index in [0.29, 0.717) is 17.9 Å². The third kappa shape index (κ3) is 2.10. The quantitative estimate of drug-likeness (QED) is 0.821. The predicted molar refractivity (Wildman–Crippen MR) is 72.8 cm³/mol. The molecule has 1 aliphatic heterocycles. The van der Waals surface area contributed by atoms with Gasteiger partial charge in [-0.2, -0.15) is 0 Å². The number of benzene rings is 1. The molecular formula is C16H21NO. The van der Waals surface area contributed by atoms with Crippen LogP contribution in [0.5, 0.6) is 0 Å². The van der Waals surface area contributed by atoms with Crippen molar-refractivity contribution in [3.63, 3.8) is 0 Å². The van der Waals surface area contributed by atoms with Crippen LogP contribution in [0.25, 0.3) is 0 Å². The summed E-state index contributed by atoms with van der Waals surface area (Å²) in [5, 5.41) is 3.63. The van der Waals surface area contributed by atoms with Crippen LogP contribution in [0.2, 0.25) is 0 Å². The fourth-order valence-corrected chi connectivity index (χ4v) is 3.50. The average molecular weight is 243 g/mol. The third-order valence-corrected chi connectivity index (χ3v) is 4.48. The molecule has 18 heavy (non-hydrogen) atoms. The highest BCUT2D eigenvalue weighted by Crippen LogP contribution is 2.31. The maximum Gasteiger partial charge on any atom is 0.167 e. The smallest absolute Gasteiger partial charge is 0.167 e. The SMILES string of the molecule is CC1CCCC(C2CCc3ccccc3C2=O)N1. The maximum absolute atomic E-state index is 12.6. The molecule has 3 atom stereocenters. The summed E-state index contributed by atoms with van der Waals surface area (Å²) in [7, 11) is 0. The van der Waals surface area contributed by atoms with Crippen LogP contribution in [0, 0.1) is 5.92 Å². The van der Waals surface area contributed by atoms with E-state index in [4.69, 9.17) is 0 Å². The van der Waals surface area contributed by atoms with Crippen molar-refractivity contribution >= 4 is 5.78 Å². The molecule has 0 aromatic heterocycles. The van der Waals surface area contributed by atoms with Gasteiger partial charge in [0.2, 0.25) is 0 Å². The van der Waals surface area contributed by atoms with Crippen LogP contribution >= 0.6 is 0 Å². The molecule has 0 bridgehead atoms. The van der Waals surface area contributed by atoms with E-state index in [1.54, 1.807) is 0 Å². The van der Waals surface area contributed by atoms with E-state index in [1.807, 2.05) is 18.2 Å². The van der Waals surface area contributed by atoms with Crippen LogP contribution in [0.3, 0.4) is 0 Å². The van der Waals surface area contributed by atoms with Crippen molar-refractivity contribution in [3.8, 4) is 0 Å². The molecule has 2 nitrogen and oxygen atoms in total. The fourth-order valence-electron chi connectivity index (χ4n) is 3.50. The van der Waals surface area contributed by atoms with E-state index in [-0.39, 0.29) is 5.92 Å². The van der Waals surface area contributed by atoms with Crippen LogP contribution in [0.1, 0.15) is 48.5 Å². The summed E-state index contributed by atoms with van der Waals surface area (Å²) in [6.45, 7) is 2.23. The lowest BCUT2D eigenvalue weighted by Gasteiger charge is -2.36. The van der Waals surface area contributed by atoms with Gasteiger partial charge in [0.1, 0.15) is 0 Å². The first-order chi connectivity index (χ1) is 8.75. The average Bonchev–Trinajstić information content (AvgIpc) is 2.39. The lowest BCUT2D eigenvalue weighted by Crippen LogP contribution is -2.48. The topological polar surface area (TPSA) is 29.1 Å². The van der Waals surface area contributed by atoms with Crippen LogP contribution in [0.15, 0.2) is 24.3 Å². The predicted octanol–water partition coefficient (Wildman–Crippen LogP) is 2.96. The van der Waals surface area contributed by atoms with Crippen molar-refractivity contribution in [1.82, 2.24) is 5.32 Å². The minimum atomic E-state index is 0.197. The molecule has 1 aliphatic carbocycles. The van der Waals surface area contributed by atoms with Crippen molar-refractivity contribution in [1.29, 1.82) is 0 Å². The minimum absolute atomic E-state index is 0.197. The Morgan fingerprint density at radius 3 is 2.83 bits per heavy atom. The van der Waals surface area contributed by atoms with Gasteiger partial charge in [0.05, 0.1) is 0 Å². The zero-order valence-corrected chi connectivity index (χ0v) is 11.0. The Balaban J connectivity index is 1.82. The first-order valence-electron chi connectivity index (χ1n) is 7.14. The van der Waals surface area contributed by atoms with Gasteiger partial charge in [-0.05, 0) is 38.2 Å². The van der Waals surface area contributed by atoms with Gasteiger partial charge in [0.25, 0.3) is 0 Å². The number of carbonyl (C=O) groups is 1. The van der Waals surface area contributed by atoms with Gasteiger partial charge in [-0.25, -0.2) is 0 Å². The number of nitrogens with one attached hydrogen (secondary N) is 1. The molecule has 1 fully saturated rings. The summed E-state index contributed by atoms with van der Waals surface area (Å²) < 4.78 is 0. The number of aryl methyl sites for hydroxylation is 1. The second kappa shape index (κ2) is 4.85. The number of hydrogen-bond donors (Lipinski definition) is 1. The summed E-state index contributed by atoms with van der Waals surface area (Å²) >= 11 is 0. The van der Waals surface area contributed by atoms with Crippen molar-refractivity contribution in [3.05, 3.63) is 35.4 Å². The number of rotatable bonds is 1. The van der Waals surface area contributed by atoms with Crippen molar-refractivity contribution in [2.45, 2.75) is 51.1 Å². The van der Waals surface area contributed by atoms with E-state index in [1.165, 1.54) is 18.4 Å². The van der Waals surface area contributed by atoms with Gasteiger partial charge in [-0.15, -0.1) is 0 Å². The molecule has 1 saturated heterocycles. The maximum atomic E-state index is 12.6. The Kier molecular flexibility index (Phi) is 3.21. The number of carbonyl (C=O) groups excluding carboxylic acids is 1. The van der Waals surface area contributed by atoms with Gasteiger partial charge in [-0.1, -0.05) is 30.7 Å². The highest BCUT2D eigenvalue weighted by atomic mass is 16.1. The number of fused-ring (bicyclic) bond motifs is 1. The van der Waals surface area contributed by atoms with Gasteiger partial charge in [0.15, 0.2) is 5.78 Å². The monoisotopic (exact) mass is 243 g/mol. The summed E-state index contributed by atoms with van der Waals surface area (Å²) in [5.41, 5.74) is 2.20. The summed E-state index contributed by atoms with van der Waals surface area (Å²) in [6.07, 6.45) is 5.72. The van der Waals surface area contributed by atoms with E-state index >= 15 is 0 Å². The van der Waals surface area contributed by atoms with Gasteiger partial charge >= 0.3 is 0 Å². The molecule has 3 rings (SSSR count). The van der Waals surface area contributed by atoms with E-state index in [9.17, 15) is 4.79 Å². The molecule has 2 heteroatoms. The van der Waals surface area contributed by atoms with Crippen LogP contribution in [-0.2, 0) is 6.42 Å². The molecule has 0 saturated carbocycles. The normalized spacial score (nSPS) is 32.1. The van der Waals surface area contributed by atoms with Crippen LogP contribution in [0.4, 0.5) is 0 Å². The summed E-state index contributed by atoms with van der Waals surface area (Å²) in [4.78, 5) is 12.6. The standard InChI is InChI=1S/C16H21NO/c1-11-5-4-8-15(17-11)14-10-9-12-6-2-3-7-13(12)16(14)18/h2-3,6-7,11,14-15,17H,4-5,8-10H2,1H3. The molecule has 3 unspecified atom stereocenters. The van der Waals surface area contributed by atoms with Crippen LogP contribution < -0.4 is 5.32 Å². The zero-order valence-electron chi connectivity index (χ0n) is 11.0. The lowest BCUT2D eigenvalue weighted by molar-refractivity contribution is 0.0845. The third-order valence-electron chi connectivity index (χ3n) is 4.48. The number of ketones is 1. The van der Waals surface area contributed by atoms with E-state index < -0.39 is 0 Å². The highest BCUT2D eigenvalue weighted by Gasteiger charge is 2.34. The van der Waals surface area contributed by atoms with Crippen molar-refractivity contribution in [2.24, 2.45) is 5.92 Å². The molecule has 0 amide bonds.